The van der Waals surface area contributed by atoms with Crippen LogP contribution in [0.1, 0.15) is 25.6 Å². The van der Waals surface area contributed by atoms with Gasteiger partial charge in [-0.1, -0.05) is 35.9 Å². The first-order valence-corrected chi connectivity index (χ1v) is 11.5. The Hall–Kier alpha value is -3.01. The lowest BCUT2D eigenvalue weighted by molar-refractivity contribution is 0.0955. The molecular weight excluding hydrogens is 422 g/mol. The highest BCUT2D eigenvalue weighted by atomic mass is 32.2. The van der Waals surface area contributed by atoms with Crippen molar-refractivity contribution in [3.8, 4) is 0 Å². The summed E-state index contributed by atoms with van der Waals surface area (Å²) in [6.45, 7) is 2.00. The zero-order chi connectivity index (χ0) is 21.6. The van der Waals surface area contributed by atoms with Crippen molar-refractivity contribution in [2.75, 3.05) is 18.4 Å². The summed E-state index contributed by atoms with van der Waals surface area (Å²) >= 11 is 1.30. The number of benzene rings is 2. The van der Waals surface area contributed by atoms with Gasteiger partial charge in [0.15, 0.2) is 0 Å². The van der Waals surface area contributed by atoms with Crippen LogP contribution in [0.5, 0.6) is 0 Å². The number of anilines is 1. The molecule has 0 saturated heterocycles. The summed E-state index contributed by atoms with van der Waals surface area (Å²) < 4.78 is 27.0. The standard InChI is InChI=1S/C21H21N3O4S2/c1-15-8-10-16(11-9-15)30(27,28)23-13-12-22-20(25)17-5-2-3-6-18(17)24-21(26)19-7-4-14-29-19/h2-11,14,23H,12-13H2,1H3,(H,22,25)(H,24,26). The number of carbonyl (C=O) groups excluding carboxylic acids is 2. The zero-order valence-corrected chi connectivity index (χ0v) is 17.8. The van der Waals surface area contributed by atoms with Gasteiger partial charge in [0, 0.05) is 13.1 Å². The summed E-state index contributed by atoms with van der Waals surface area (Å²) in [6.07, 6.45) is 0. The van der Waals surface area contributed by atoms with E-state index in [0.29, 0.717) is 16.1 Å². The highest BCUT2D eigenvalue weighted by Crippen LogP contribution is 2.18. The monoisotopic (exact) mass is 443 g/mol. The van der Waals surface area contributed by atoms with Crippen LogP contribution in [0.15, 0.2) is 70.9 Å². The molecule has 3 N–H and O–H groups in total. The third kappa shape index (κ3) is 5.53. The molecule has 30 heavy (non-hydrogen) atoms. The van der Waals surface area contributed by atoms with E-state index in [2.05, 4.69) is 15.4 Å². The number of hydrogen-bond donors (Lipinski definition) is 3. The topological polar surface area (TPSA) is 104 Å². The van der Waals surface area contributed by atoms with Crippen LogP contribution in [0.25, 0.3) is 0 Å². The number of rotatable bonds is 8. The fourth-order valence-electron chi connectivity index (χ4n) is 2.64. The second kappa shape index (κ2) is 9.66. The molecule has 0 spiro atoms. The summed E-state index contributed by atoms with van der Waals surface area (Å²) in [4.78, 5) is 25.5. The predicted molar refractivity (Wildman–Crippen MR) is 117 cm³/mol. The summed E-state index contributed by atoms with van der Waals surface area (Å²) in [6, 6.07) is 16.6. The van der Waals surface area contributed by atoms with Crippen molar-refractivity contribution in [3.63, 3.8) is 0 Å². The van der Waals surface area contributed by atoms with Crippen LogP contribution in [-0.2, 0) is 10.0 Å². The Kier molecular flexibility index (Phi) is 6.99. The smallest absolute Gasteiger partial charge is 0.265 e. The van der Waals surface area contributed by atoms with E-state index >= 15 is 0 Å². The molecule has 9 heteroatoms. The lowest BCUT2D eigenvalue weighted by Gasteiger charge is -2.12. The highest BCUT2D eigenvalue weighted by molar-refractivity contribution is 7.89. The van der Waals surface area contributed by atoms with E-state index in [1.54, 1.807) is 53.9 Å². The van der Waals surface area contributed by atoms with Gasteiger partial charge in [-0.3, -0.25) is 9.59 Å². The van der Waals surface area contributed by atoms with E-state index in [0.717, 1.165) is 5.56 Å². The average Bonchev–Trinajstić information content (AvgIpc) is 3.27. The van der Waals surface area contributed by atoms with Crippen molar-refractivity contribution in [2.24, 2.45) is 0 Å². The average molecular weight is 444 g/mol. The molecular formula is C21H21N3O4S2. The number of nitrogens with one attached hydrogen (secondary N) is 3. The Morgan fingerprint density at radius 2 is 1.63 bits per heavy atom. The van der Waals surface area contributed by atoms with Gasteiger partial charge >= 0.3 is 0 Å². The molecule has 1 heterocycles. The van der Waals surface area contributed by atoms with Gasteiger partial charge in [0.2, 0.25) is 10.0 Å². The van der Waals surface area contributed by atoms with Gasteiger partial charge in [0.1, 0.15) is 0 Å². The van der Waals surface area contributed by atoms with Crippen LogP contribution in [0.2, 0.25) is 0 Å². The van der Waals surface area contributed by atoms with Crippen molar-refractivity contribution in [1.82, 2.24) is 10.0 Å². The van der Waals surface area contributed by atoms with Crippen molar-refractivity contribution in [2.45, 2.75) is 11.8 Å². The third-order valence-electron chi connectivity index (χ3n) is 4.20. The Labute approximate surface area is 179 Å². The minimum atomic E-state index is -3.65. The molecule has 0 unspecified atom stereocenters. The Morgan fingerprint density at radius 3 is 2.33 bits per heavy atom. The summed E-state index contributed by atoms with van der Waals surface area (Å²) in [7, 11) is -3.65. The van der Waals surface area contributed by atoms with Gasteiger partial charge in [-0.05, 0) is 42.6 Å². The molecule has 0 atom stereocenters. The first-order chi connectivity index (χ1) is 14.4. The third-order valence-corrected chi connectivity index (χ3v) is 6.54. The van der Waals surface area contributed by atoms with E-state index in [9.17, 15) is 18.0 Å². The minimum absolute atomic E-state index is 0.0334. The van der Waals surface area contributed by atoms with Crippen LogP contribution in [0.4, 0.5) is 5.69 Å². The van der Waals surface area contributed by atoms with Crippen molar-refractivity contribution in [3.05, 3.63) is 82.0 Å². The minimum Gasteiger partial charge on any atom is -0.351 e. The molecule has 0 bridgehead atoms. The van der Waals surface area contributed by atoms with Gasteiger partial charge in [-0.2, -0.15) is 0 Å². The molecule has 0 saturated carbocycles. The van der Waals surface area contributed by atoms with Gasteiger partial charge in [0.25, 0.3) is 11.8 Å². The molecule has 7 nitrogen and oxygen atoms in total. The van der Waals surface area contributed by atoms with Gasteiger partial charge in [-0.25, -0.2) is 13.1 Å². The Bertz CT molecular complexity index is 1130. The summed E-state index contributed by atoms with van der Waals surface area (Å²) in [5, 5.41) is 7.20. The maximum Gasteiger partial charge on any atom is 0.265 e. The maximum atomic E-state index is 12.5. The number of aryl methyl sites for hydroxylation is 1. The number of thiophene rings is 1. The van der Waals surface area contributed by atoms with Crippen LogP contribution in [0.3, 0.4) is 0 Å². The molecule has 0 fully saturated rings. The maximum absolute atomic E-state index is 12.5. The van der Waals surface area contributed by atoms with E-state index < -0.39 is 15.9 Å². The Balaban J connectivity index is 1.56. The van der Waals surface area contributed by atoms with Gasteiger partial charge in [0.05, 0.1) is 21.0 Å². The van der Waals surface area contributed by atoms with Crippen LogP contribution < -0.4 is 15.4 Å². The largest absolute Gasteiger partial charge is 0.351 e. The zero-order valence-electron chi connectivity index (χ0n) is 16.2. The molecule has 156 valence electrons. The molecule has 0 aliphatic heterocycles. The second-order valence-corrected chi connectivity index (χ2v) is 9.16. The number of para-hydroxylation sites is 1. The van der Waals surface area contributed by atoms with Crippen LogP contribution in [-0.4, -0.2) is 33.3 Å². The molecule has 0 aliphatic rings. The fourth-order valence-corrected chi connectivity index (χ4v) is 4.29. The van der Waals surface area contributed by atoms with Crippen LogP contribution in [0, 0.1) is 6.92 Å². The second-order valence-electron chi connectivity index (χ2n) is 6.44. The Morgan fingerprint density at radius 1 is 0.900 bits per heavy atom. The lowest BCUT2D eigenvalue weighted by atomic mass is 10.1. The highest BCUT2D eigenvalue weighted by Gasteiger charge is 2.16. The molecule has 3 aromatic rings. The number of hydrogen-bond acceptors (Lipinski definition) is 5. The van der Waals surface area contributed by atoms with Crippen molar-refractivity contribution >= 4 is 38.9 Å². The number of sulfonamides is 1. The SMILES string of the molecule is Cc1ccc(S(=O)(=O)NCCNC(=O)c2ccccc2NC(=O)c2cccs2)cc1. The molecule has 0 aliphatic carbocycles. The molecule has 2 aromatic carbocycles. The van der Waals surface area contributed by atoms with Gasteiger partial charge in [-0.15, -0.1) is 11.3 Å². The normalized spacial score (nSPS) is 11.1. The van der Waals surface area contributed by atoms with Gasteiger partial charge < -0.3 is 10.6 Å². The summed E-state index contributed by atoms with van der Waals surface area (Å²) in [5.41, 5.74) is 1.64. The number of amides is 2. The van der Waals surface area contributed by atoms with E-state index in [1.165, 1.54) is 23.5 Å². The van der Waals surface area contributed by atoms with E-state index in [1.807, 2.05) is 6.92 Å². The molecule has 1 aromatic heterocycles. The van der Waals surface area contributed by atoms with E-state index in [-0.39, 0.29) is 23.9 Å². The molecule has 0 radical (unpaired) electrons. The first kappa shape index (κ1) is 21.7. The van der Waals surface area contributed by atoms with E-state index in [4.69, 9.17) is 0 Å². The molecule has 3 rings (SSSR count). The summed E-state index contributed by atoms with van der Waals surface area (Å²) in [5.74, 6) is -0.706. The van der Waals surface area contributed by atoms with Crippen molar-refractivity contribution < 1.29 is 18.0 Å². The van der Waals surface area contributed by atoms with Crippen molar-refractivity contribution in [1.29, 1.82) is 0 Å². The molecule has 2 amide bonds. The lowest BCUT2D eigenvalue weighted by Crippen LogP contribution is -2.35. The van der Waals surface area contributed by atoms with Crippen LogP contribution >= 0.6 is 11.3 Å². The first-order valence-electron chi connectivity index (χ1n) is 9.15. The fraction of sp³-hybridized carbons (Fsp3) is 0.143. The number of carbonyl (C=O) groups is 2. The quantitative estimate of drug-likeness (QED) is 0.466. The predicted octanol–water partition coefficient (Wildman–Crippen LogP) is 3.02.